The Balaban J connectivity index is 2.23. The second kappa shape index (κ2) is 5.80. The van der Waals surface area contributed by atoms with E-state index in [-0.39, 0.29) is 5.25 Å². The number of rotatable bonds is 3. The third kappa shape index (κ3) is 2.90. The molecule has 1 aliphatic heterocycles. The van der Waals surface area contributed by atoms with Crippen molar-refractivity contribution >= 4 is 40.2 Å². The Hall–Kier alpha value is -0.940. The van der Waals surface area contributed by atoms with Crippen molar-refractivity contribution in [3.05, 3.63) is 24.3 Å². The Kier molecular flexibility index (Phi) is 4.35. The van der Waals surface area contributed by atoms with E-state index < -0.39 is 11.2 Å². The largest absolute Gasteiger partial charge is 0.480 e. The quantitative estimate of drug-likeness (QED) is 0.915. The highest BCUT2D eigenvalue weighted by Crippen LogP contribution is 2.40. The van der Waals surface area contributed by atoms with Crippen molar-refractivity contribution in [3.63, 3.8) is 0 Å². The van der Waals surface area contributed by atoms with Crippen molar-refractivity contribution in [3.8, 4) is 0 Å². The molecule has 0 aromatic heterocycles. The molecule has 0 amide bonds. The zero-order valence-electron chi connectivity index (χ0n) is 10.3. The molecule has 2 atom stereocenters. The van der Waals surface area contributed by atoms with Gasteiger partial charge < -0.3 is 5.11 Å². The molecule has 2 unspecified atom stereocenters. The van der Waals surface area contributed by atoms with Crippen LogP contribution in [-0.4, -0.2) is 26.6 Å². The van der Waals surface area contributed by atoms with Gasteiger partial charge in [0.2, 0.25) is 0 Å². The van der Waals surface area contributed by atoms with E-state index in [2.05, 4.69) is 18.0 Å². The van der Waals surface area contributed by atoms with Gasteiger partial charge in [-0.15, -0.1) is 11.8 Å². The van der Waals surface area contributed by atoms with Gasteiger partial charge in [0.15, 0.2) is 0 Å². The summed E-state index contributed by atoms with van der Waals surface area (Å²) >= 11 is 3.11. The van der Waals surface area contributed by atoms with Crippen LogP contribution in [0.1, 0.15) is 20.3 Å². The number of fused-ring (bicyclic) bond motifs is 1. The second-order valence-electron chi connectivity index (χ2n) is 4.03. The summed E-state index contributed by atoms with van der Waals surface area (Å²) in [7, 11) is 0. The monoisotopic (exact) mass is 281 g/mol. The maximum absolute atomic E-state index is 11.1. The predicted octanol–water partition coefficient (Wildman–Crippen LogP) is 3.81. The maximum Gasteiger partial charge on any atom is 0.317 e. The normalized spacial score (nSPS) is 19.9. The molecule has 0 saturated heterocycles. The summed E-state index contributed by atoms with van der Waals surface area (Å²) in [5, 5.41) is 9.83. The number of aliphatic imine (C=N–C) groups is 1. The van der Waals surface area contributed by atoms with Gasteiger partial charge in [-0.05, 0) is 25.5 Å². The molecule has 18 heavy (non-hydrogen) atoms. The van der Waals surface area contributed by atoms with Crippen molar-refractivity contribution < 1.29 is 9.90 Å². The van der Waals surface area contributed by atoms with Crippen LogP contribution in [0.3, 0.4) is 0 Å². The van der Waals surface area contributed by atoms with Gasteiger partial charge in [-0.1, -0.05) is 30.8 Å². The minimum absolute atomic E-state index is 0.221. The molecule has 0 aliphatic carbocycles. The molecule has 1 aliphatic rings. The molecule has 3 nitrogen and oxygen atoms in total. The van der Waals surface area contributed by atoms with Gasteiger partial charge in [-0.25, -0.2) is 4.99 Å². The number of aliphatic carboxylic acids is 1. The van der Waals surface area contributed by atoms with E-state index in [4.69, 9.17) is 5.11 Å². The van der Waals surface area contributed by atoms with Crippen LogP contribution in [0.5, 0.6) is 0 Å². The molecule has 2 rings (SSSR count). The number of hydrogen-bond acceptors (Lipinski definition) is 4. The molecule has 0 saturated carbocycles. The Morgan fingerprint density at radius 2 is 2.28 bits per heavy atom. The van der Waals surface area contributed by atoms with Gasteiger partial charge in [0.1, 0.15) is 5.25 Å². The Morgan fingerprint density at radius 3 is 2.94 bits per heavy atom. The van der Waals surface area contributed by atoms with Gasteiger partial charge in [0.25, 0.3) is 0 Å². The van der Waals surface area contributed by atoms with Gasteiger partial charge in [0.05, 0.1) is 16.0 Å². The lowest BCUT2D eigenvalue weighted by Crippen LogP contribution is -2.22. The molecular weight excluding hydrogens is 266 g/mol. The standard InChI is InChI=1S/C13H15NO2S2/c1-3-10(13(15)16)18-12-8(2)17-11-7-5-4-6-9(11)14-12/h4-8,10H,3H2,1-2H3,(H,15,16). The molecule has 5 heteroatoms. The fourth-order valence-electron chi connectivity index (χ4n) is 1.68. The summed E-state index contributed by atoms with van der Waals surface area (Å²) in [5.74, 6) is -0.763. The van der Waals surface area contributed by atoms with Crippen molar-refractivity contribution in [2.45, 2.75) is 35.7 Å². The van der Waals surface area contributed by atoms with Gasteiger partial charge in [-0.3, -0.25) is 4.79 Å². The number of nitrogens with zero attached hydrogens (tertiary/aromatic N) is 1. The van der Waals surface area contributed by atoms with E-state index in [0.29, 0.717) is 6.42 Å². The average Bonchev–Trinajstić information content (AvgIpc) is 2.35. The number of benzene rings is 1. The van der Waals surface area contributed by atoms with E-state index in [0.717, 1.165) is 15.6 Å². The number of carbonyl (C=O) groups is 1. The van der Waals surface area contributed by atoms with Crippen molar-refractivity contribution in [2.75, 3.05) is 0 Å². The van der Waals surface area contributed by atoms with Gasteiger partial charge in [0, 0.05) is 4.90 Å². The van der Waals surface area contributed by atoms with Crippen LogP contribution in [0, 0.1) is 0 Å². The minimum atomic E-state index is -0.763. The van der Waals surface area contributed by atoms with Crippen molar-refractivity contribution in [2.24, 2.45) is 4.99 Å². The molecule has 0 fully saturated rings. The topological polar surface area (TPSA) is 49.7 Å². The molecule has 96 valence electrons. The van der Waals surface area contributed by atoms with E-state index >= 15 is 0 Å². The third-order valence-electron chi connectivity index (χ3n) is 2.66. The first kappa shape index (κ1) is 13.5. The summed E-state index contributed by atoms with van der Waals surface area (Å²) in [4.78, 5) is 16.8. The molecule has 1 heterocycles. The molecule has 0 bridgehead atoms. The molecule has 0 spiro atoms. The maximum atomic E-state index is 11.1. The number of carboxylic acid groups (broad SMARTS) is 1. The van der Waals surface area contributed by atoms with Gasteiger partial charge >= 0.3 is 5.97 Å². The summed E-state index contributed by atoms with van der Waals surface area (Å²) < 4.78 is 0. The SMILES string of the molecule is CCC(SC1=Nc2ccccc2SC1C)C(=O)O. The van der Waals surface area contributed by atoms with Crippen LogP contribution >= 0.6 is 23.5 Å². The van der Waals surface area contributed by atoms with Crippen LogP contribution in [0.4, 0.5) is 5.69 Å². The second-order valence-corrected chi connectivity index (χ2v) is 6.64. The highest BCUT2D eigenvalue weighted by Gasteiger charge is 2.25. The summed E-state index contributed by atoms with van der Waals surface area (Å²) in [6.07, 6.45) is 0.609. The molecule has 1 aromatic rings. The first-order valence-electron chi connectivity index (χ1n) is 5.85. The molecule has 0 radical (unpaired) electrons. The van der Waals surface area contributed by atoms with E-state index in [1.54, 1.807) is 11.8 Å². The first-order valence-corrected chi connectivity index (χ1v) is 7.61. The highest BCUT2D eigenvalue weighted by molar-refractivity contribution is 8.17. The molecule has 1 aromatic carbocycles. The van der Waals surface area contributed by atoms with Gasteiger partial charge in [-0.2, -0.15) is 0 Å². The van der Waals surface area contributed by atoms with Crippen LogP contribution in [0.25, 0.3) is 0 Å². The lowest BCUT2D eigenvalue weighted by Gasteiger charge is -2.22. The predicted molar refractivity (Wildman–Crippen MR) is 78.2 cm³/mol. The zero-order chi connectivity index (χ0) is 13.1. The first-order chi connectivity index (χ1) is 8.61. The summed E-state index contributed by atoms with van der Waals surface area (Å²) in [5.41, 5.74) is 0.948. The summed E-state index contributed by atoms with van der Waals surface area (Å²) in [6.45, 7) is 3.96. The lowest BCUT2D eigenvalue weighted by molar-refractivity contribution is -0.136. The van der Waals surface area contributed by atoms with Crippen LogP contribution in [0.15, 0.2) is 34.2 Å². The van der Waals surface area contributed by atoms with Crippen molar-refractivity contribution in [1.29, 1.82) is 0 Å². The Bertz CT molecular complexity index is 488. The fourth-order valence-corrected chi connectivity index (χ4v) is 3.81. The molecule has 1 N–H and O–H groups in total. The zero-order valence-corrected chi connectivity index (χ0v) is 11.9. The highest BCUT2D eigenvalue weighted by atomic mass is 32.2. The number of hydrogen-bond donors (Lipinski definition) is 1. The minimum Gasteiger partial charge on any atom is -0.480 e. The van der Waals surface area contributed by atoms with Crippen LogP contribution in [-0.2, 0) is 4.79 Å². The lowest BCUT2D eigenvalue weighted by atomic mass is 10.3. The van der Waals surface area contributed by atoms with Crippen LogP contribution in [0.2, 0.25) is 0 Å². The van der Waals surface area contributed by atoms with E-state index in [9.17, 15) is 4.79 Å². The summed E-state index contributed by atoms with van der Waals surface area (Å²) in [6, 6.07) is 7.97. The third-order valence-corrected chi connectivity index (χ3v) is 5.49. The number of para-hydroxylation sites is 1. The number of carboxylic acids is 1. The van der Waals surface area contributed by atoms with Crippen LogP contribution < -0.4 is 0 Å². The van der Waals surface area contributed by atoms with Crippen molar-refractivity contribution in [1.82, 2.24) is 0 Å². The Labute approximate surface area is 115 Å². The van der Waals surface area contributed by atoms with E-state index in [1.165, 1.54) is 11.8 Å². The number of thioether (sulfide) groups is 2. The molecular formula is C13H15NO2S2. The van der Waals surface area contributed by atoms with E-state index in [1.807, 2.05) is 25.1 Å². The fraction of sp³-hybridized carbons (Fsp3) is 0.385. The smallest absolute Gasteiger partial charge is 0.317 e. The Morgan fingerprint density at radius 1 is 1.56 bits per heavy atom. The average molecular weight is 281 g/mol.